The molecule has 2 aromatic heterocycles. The lowest BCUT2D eigenvalue weighted by atomic mass is 10.1. The van der Waals surface area contributed by atoms with Gasteiger partial charge in [0, 0.05) is 23.4 Å². The first-order chi connectivity index (χ1) is 14.1. The zero-order chi connectivity index (χ0) is 20.2. The third-order valence-corrected chi connectivity index (χ3v) is 5.14. The zero-order valence-corrected chi connectivity index (χ0v) is 16.1. The highest BCUT2D eigenvalue weighted by Gasteiger charge is 2.19. The summed E-state index contributed by atoms with van der Waals surface area (Å²) in [6.45, 7) is 0.429. The van der Waals surface area contributed by atoms with Crippen LogP contribution in [0.5, 0.6) is 0 Å². The van der Waals surface area contributed by atoms with E-state index in [2.05, 4.69) is 5.10 Å². The van der Waals surface area contributed by atoms with Gasteiger partial charge in [0.1, 0.15) is 0 Å². The number of nitrogens with one attached hydrogen (secondary N) is 1. The van der Waals surface area contributed by atoms with Gasteiger partial charge in [-0.3, -0.25) is 19.5 Å². The van der Waals surface area contributed by atoms with Gasteiger partial charge in [-0.1, -0.05) is 24.3 Å². The molecule has 4 aromatic rings. The van der Waals surface area contributed by atoms with Crippen LogP contribution in [0.2, 0.25) is 0 Å². The molecular weight excluding hydrogens is 386 g/mol. The van der Waals surface area contributed by atoms with E-state index in [-0.39, 0.29) is 11.5 Å². The molecule has 0 atom stereocenters. The number of aromatic nitrogens is 2. The van der Waals surface area contributed by atoms with Gasteiger partial charge in [0.25, 0.3) is 17.0 Å². The number of anilines is 1. The van der Waals surface area contributed by atoms with Crippen molar-refractivity contribution in [2.75, 3.05) is 4.90 Å². The maximum Gasteiger partial charge on any atom is 0.269 e. The maximum atomic E-state index is 13.4. The normalized spacial score (nSPS) is 10.6. The molecule has 6 nitrogen and oxygen atoms in total. The summed E-state index contributed by atoms with van der Waals surface area (Å²) in [5.41, 5.74) is 1.86. The summed E-state index contributed by atoms with van der Waals surface area (Å²) in [5, 5.41) is 6.46. The molecule has 2 aromatic carbocycles. The van der Waals surface area contributed by atoms with E-state index < -0.39 is 5.56 Å². The van der Waals surface area contributed by atoms with Crippen LogP contribution in [0.25, 0.3) is 5.69 Å². The molecule has 0 aliphatic heterocycles. The first-order valence-electron chi connectivity index (χ1n) is 8.93. The number of benzene rings is 2. The molecule has 2 heterocycles. The molecule has 1 N–H and O–H groups in total. The van der Waals surface area contributed by atoms with E-state index in [1.54, 1.807) is 40.5 Å². The Morgan fingerprint density at radius 3 is 2.55 bits per heavy atom. The van der Waals surface area contributed by atoms with E-state index in [1.165, 1.54) is 12.1 Å². The molecule has 0 aliphatic carbocycles. The van der Waals surface area contributed by atoms with Gasteiger partial charge in [0.2, 0.25) is 0 Å². The predicted octanol–water partition coefficient (Wildman–Crippen LogP) is 3.43. The highest BCUT2D eigenvalue weighted by Crippen LogP contribution is 2.21. The highest BCUT2D eigenvalue weighted by atomic mass is 32.1. The van der Waals surface area contributed by atoms with Crippen molar-refractivity contribution in [3.63, 3.8) is 0 Å². The Bertz CT molecular complexity index is 1240. The number of hydrogen-bond donors (Lipinski definition) is 1. The molecule has 0 radical (unpaired) electrons. The van der Waals surface area contributed by atoms with E-state index in [0.717, 1.165) is 15.9 Å². The molecule has 144 valence electrons. The number of carbonyl (C=O) groups is 1. The van der Waals surface area contributed by atoms with Gasteiger partial charge in [-0.05, 0) is 52.7 Å². The fraction of sp³-hybridized carbons (Fsp3) is 0.0455. The highest BCUT2D eigenvalue weighted by molar-refractivity contribution is 7.07. The van der Waals surface area contributed by atoms with Crippen LogP contribution in [-0.4, -0.2) is 15.7 Å². The van der Waals surface area contributed by atoms with Gasteiger partial charge in [0.05, 0.1) is 12.2 Å². The van der Waals surface area contributed by atoms with Crippen LogP contribution < -0.4 is 16.0 Å². The monoisotopic (exact) mass is 403 g/mol. The summed E-state index contributed by atoms with van der Waals surface area (Å²) in [5.74, 6) is -0.199. The molecule has 0 spiro atoms. The molecule has 1 amide bonds. The van der Waals surface area contributed by atoms with E-state index in [1.807, 2.05) is 47.2 Å². The van der Waals surface area contributed by atoms with Gasteiger partial charge in [-0.2, -0.15) is 11.3 Å². The van der Waals surface area contributed by atoms with Crippen molar-refractivity contribution in [2.45, 2.75) is 6.54 Å². The van der Waals surface area contributed by atoms with Crippen LogP contribution in [-0.2, 0) is 6.54 Å². The molecule has 0 aliphatic rings. The second-order valence-electron chi connectivity index (χ2n) is 6.39. The first-order valence-corrected chi connectivity index (χ1v) is 9.87. The minimum Gasteiger partial charge on any atom is -0.304 e. The Balaban J connectivity index is 1.74. The summed E-state index contributed by atoms with van der Waals surface area (Å²) in [7, 11) is 0. The summed E-state index contributed by atoms with van der Waals surface area (Å²) in [6.07, 6.45) is 0. The molecule has 0 unspecified atom stereocenters. The van der Waals surface area contributed by atoms with Crippen molar-refractivity contribution in [3.05, 3.63) is 115 Å². The second-order valence-corrected chi connectivity index (χ2v) is 7.17. The smallest absolute Gasteiger partial charge is 0.269 e. The van der Waals surface area contributed by atoms with Gasteiger partial charge in [0.15, 0.2) is 0 Å². The van der Waals surface area contributed by atoms with Crippen LogP contribution in [0.15, 0.2) is 93.1 Å². The van der Waals surface area contributed by atoms with Gasteiger partial charge < -0.3 is 4.90 Å². The Morgan fingerprint density at radius 1 is 0.966 bits per heavy atom. The van der Waals surface area contributed by atoms with E-state index in [4.69, 9.17) is 0 Å². The lowest BCUT2D eigenvalue weighted by molar-refractivity contribution is 0.0985. The number of amides is 1. The first kappa shape index (κ1) is 18.6. The van der Waals surface area contributed by atoms with Crippen molar-refractivity contribution in [1.82, 2.24) is 9.78 Å². The third kappa shape index (κ3) is 4.09. The Labute approximate surface area is 170 Å². The van der Waals surface area contributed by atoms with Crippen LogP contribution in [0, 0.1) is 0 Å². The van der Waals surface area contributed by atoms with Crippen LogP contribution in [0.3, 0.4) is 0 Å². The summed E-state index contributed by atoms with van der Waals surface area (Å²) >= 11 is 1.58. The topological polar surface area (TPSA) is 75.2 Å². The molecule has 0 fully saturated rings. The molecular formula is C22H17N3O3S. The fourth-order valence-electron chi connectivity index (χ4n) is 3.00. The quantitative estimate of drug-likeness (QED) is 0.555. The Kier molecular flexibility index (Phi) is 5.22. The number of aromatic amines is 1. The molecule has 0 saturated heterocycles. The minimum absolute atomic E-state index is 0.199. The van der Waals surface area contributed by atoms with Crippen LogP contribution in [0.4, 0.5) is 5.69 Å². The molecule has 0 bridgehead atoms. The van der Waals surface area contributed by atoms with Gasteiger partial charge in [-0.15, -0.1) is 0 Å². The number of para-hydroxylation sites is 1. The largest absolute Gasteiger partial charge is 0.304 e. The average molecular weight is 403 g/mol. The standard InChI is InChI=1S/C22H17N3O3S/c26-20-9-10-21(27)25(23-20)19-8-4-5-17(13-19)22(28)24(14-16-11-12-29-15-16)18-6-2-1-3-7-18/h1-13,15H,14H2,(H,23,26). The average Bonchev–Trinajstić information content (AvgIpc) is 3.27. The molecule has 29 heavy (non-hydrogen) atoms. The minimum atomic E-state index is -0.398. The third-order valence-electron chi connectivity index (χ3n) is 4.40. The van der Waals surface area contributed by atoms with E-state index >= 15 is 0 Å². The van der Waals surface area contributed by atoms with Crippen molar-refractivity contribution < 1.29 is 4.79 Å². The number of H-pyrrole nitrogens is 1. The summed E-state index contributed by atoms with van der Waals surface area (Å²) in [6, 6.07) is 20.4. The SMILES string of the molecule is O=C(c1cccc(-n2[nH]c(=O)ccc2=O)c1)N(Cc1ccsc1)c1ccccc1. The number of rotatable bonds is 5. The molecule has 4 rings (SSSR count). The summed E-state index contributed by atoms with van der Waals surface area (Å²) in [4.78, 5) is 38.8. The summed E-state index contributed by atoms with van der Waals surface area (Å²) < 4.78 is 1.13. The lowest BCUT2D eigenvalue weighted by Gasteiger charge is -2.23. The number of nitrogens with zero attached hydrogens (tertiary/aromatic N) is 2. The zero-order valence-electron chi connectivity index (χ0n) is 15.3. The van der Waals surface area contributed by atoms with Crippen molar-refractivity contribution in [2.24, 2.45) is 0 Å². The number of carbonyl (C=O) groups excluding carboxylic acids is 1. The van der Waals surface area contributed by atoms with Crippen molar-refractivity contribution in [3.8, 4) is 5.69 Å². The molecule has 7 heteroatoms. The van der Waals surface area contributed by atoms with Crippen LogP contribution >= 0.6 is 11.3 Å². The number of hydrogen-bond acceptors (Lipinski definition) is 4. The Hall–Kier alpha value is -3.71. The maximum absolute atomic E-state index is 13.4. The molecule has 0 saturated carbocycles. The Morgan fingerprint density at radius 2 is 1.79 bits per heavy atom. The van der Waals surface area contributed by atoms with Crippen LogP contribution in [0.1, 0.15) is 15.9 Å². The second kappa shape index (κ2) is 8.12. The lowest BCUT2D eigenvalue weighted by Crippen LogP contribution is -2.31. The predicted molar refractivity (Wildman–Crippen MR) is 114 cm³/mol. The van der Waals surface area contributed by atoms with Gasteiger partial charge >= 0.3 is 0 Å². The van der Waals surface area contributed by atoms with E-state index in [0.29, 0.717) is 17.8 Å². The van der Waals surface area contributed by atoms with Gasteiger partial charge in [-0.25, -0.2) is 4.68 Å². The number of thiophene rings is 1. The van der Waals surface area contributed by atoms with Crippen molar-refractivity contribution >= 4 is 22.9 Å². The fourth-order valence-corrected chi connectivity index (χ4v) is 3.66. The van der Waals surface area contributed by atoms with Crippen molar-refractivity contribution in [1.29, 1.82) is 0 Å². The van der Waals surface area contributed by atoms with E-state index in [9.17, 15) is 14.4 Å².